The van der Waals surface area contributed by atoms with E-state index in [2.05, 4.69) is 26.8 Å². The summed E-state index contributed by atoms with van der Waals surface area (Å²) in [5.74, 6) is -3.73. The molecule has 2 aromatic rings. The normalized spacial score (nSPS) is 35.4. The molecule has 0 unspecified atom stereocenters. The van der Waals surface area contributed by atoms with Crippen LogP contribution in [0, 0.1) is 11.3 Å². The van der Waals surface area contributed by atoms with Crippen LogP contribution in [0.1, 0.15) is 89.4 Å². The number of benzene rings is 1. The molecule has 3 saturated heterocycles. The smallest absolute Gasteiger partial charge is 0.408 e. The number of carbonyl (C=O) groups excluding carboxylic acids is 4. The number of nitrogens with one attached hydrogen (secondary N) is 1. The summed E-state index contributed by atoms with van der Waals surface area (Å²) in [4.78, 5) is 65.2. The molecule has 2 saturated carbocycles. The maximum atomic E-state index is 14.4. The quantitative estimate of drug-likeness (QED) is 0.188. The van der Waals surface area contributed by atoms with E-state index in [4.69, 9.17) is 33.2 Å². The maximum absolute atomic E-state index is 14.4. The Kier molecular flexibility index (Phi) is 12.3. The molecule has 2 bridgehead atoms. The van der Waals surface area contributed by atoms with E-state index in [0.717, 1.165) is 6.42 Å². The number of esters is 3. The van der Waals surface area contributed by atoms with Gasteiger partial charge in [0.1, 0.15) is 41.7 Å². The highest BCUT2D eigenvalue weighted by Crippen LogP contribution is 2.64. The summed E-state index contributed by atoms with van der Waals surface area (Å²) in [5.41, 5.74) is -4.55. The molecular weight excluding hydrogens is 833 g/mol. The topological polar surface area (TPSA) is 235 Å². The Morgan fingerprint density at radius 1 is 1.06 bits per heavy atom. The third-order valence-electron chi connectivity index (χ3n) is 13.9. The summed E-state index contributed by atoms with van der Waals surface area (Å²) in [5, 5.41) is 37.8. The van der Waals surface area contributed by atoms with Crippen LogP contribution in [0.25, 0.3) is 0 Å². The molecule has 0 radical (unpaired) electrons. The first kappa shape index (κ1) is 45.7. The molecule has 4 heterocycles. The van der Waals surface area contributed by atoms with Gasteiger partial charge < -0.3 is 53.8 Å². The molecule has 13 atom stereocenters. The number of carbonyl (C=O) groups is 4. The molecule has 64 heavy (non-hydrogen) atoms. The number of nitrogens with zero attached hydrogens (tertiary/aromatic N) is 3. The van der Waals surface area contributed by atoms with E-state index in [1.807, 2.05) is 6.92 Å². The number of amides is 1. The number of aliphatic hydroxyl groups is 3. The van der Waals surface area contributed by atoms with E-state index >= 15 is 0 Å². The van der Waals surface area contributed by atoms with Crippen LogP contribution in [0.5, 0.6) is 0 Å². The van der Waals surface area contributed by atoms with Crippen LogP contribution in [0.2, 0.25) is 0 Å². The fourth-order valence-electron chi connectivity index (χ4n) is 10.7. The van der Waals surface area contributed by atoms with Crippen LogP contribution in [-0.2, 0) is 42.7 Å². The van der Waals surface area contributed by atoms with Crippen LogP contribution in [0.15, 0.2) is 72.1 Å². The number of hydrogen-bond acceptors (Lipinski definition) is 17. The Labute approximate surface area is 371 Å². The van der Waals surface area contributed by atoms with Gasteiger partial charge in [0.05, 0.1) is 30.8 Å². The average molecular weight is 891 g/mol. The number of rotatable bonds is 11. The molecular formula is C46H58N4O14. The summed E-state index contributed by atoms with van der Waals surface area (Å²) in [7, 11) is 0. The predicted molar refractivity (Wildman–Crippen MR) is 223 cm³/mol. The number of aliphatic hydroxyl groups excluding tert-OH is 2. The van der Waals surface area contributed by atoms with Gasteiger partial charge in [0.15, 0.2) is 23.8 Å². The third kappa shape index (κ3) is 8.11. The van der Waals surface area contributed by atoms with Crippen molar-refractivity contribution in [2.75, 3.05) is 26.3 Å². The van der Waals surface area contributed by atoms with E-state index in [0.29, 0.717) is 37.1 Å². The molecule has 1 aromatic heterocycles. The van der Waals surface area contributed by atoms with E-state index in [-0.39, 0.29) is 36.2 Å². The Morgan fingerprint density at radius 3 is 2.39 bits per heavy atom. The van der Waals surface area contributed by atoms with Crippen molar-refractivity contribution in [1.29, 1.82) is 0 Å². The first-order valence-electron chi connectivity index (χ1n) is 21.8. The summed E-state index contributed by atoms with van der Waals surface area (Å²) in [6.45, 7) is 15.3. The first-order valence-corrected chi connectivity index (χ1v) is 21.8. The average Bonchev–Trinajstić information content (AvgIpc) is 3.65. The molecule has 18 heteroatoms. The first-order chi connectivity index (χ1) is 30.3. The lowest BCUT2D eigenvalue weighted by Gasteiger charge is -2.66. The van der Waals surface area contributed by atoms with Gasteiger partial charge in [0.25, 0.3) is 0 Å². The summed E-state index contributed by atoms with van der Waals surface area (Å²) in [6.07, 6.45) is -5.20. The van der Waals surface area contributed by atoms with Crippen LogP contribution >= 0.6 is 0 Å². The van der Waals surface area contributed by atoms with Gasteiger partial charge in [-0.15, -0.1) is 0 Å². The molecule has 1 aromatic carbocycles. The molecule has 3 aliphatic heterocycles. The zero-order valence-electron chi connectivity index (χ0n) is 36.9. The minimum atomic E-state index is -2.24. The van der Waals surface area contributed by atoms with E-state index < -0.39 is 108 Å². The second-order valence-electron chi connectivity index (χ2n) is 19.0. The predicted octanol–water partition coefficient (Wildman–Crippen LogP) is 2.86. The van der Waals surface area contributed by atoms with E-state index in [1.165, 1.54) is 25.4 Å². The molecule has 4 N–H and O–H groups in total. The van der Waals surface area contributed by atoms with Gasteiger partial charge in [-0.2, -0.15) is 0 Å². The Hall–Kier alpha value is -4.82. The monoisotopic (exact) mass is 890 g/mol. The molecule has 8 rings (SSSR count). The summed E-state index contributed by atoms with van der Waals surface area (Å²) >= 11 is 0. The number of ether oxygens (including phenoxy) is 7. The summed E-state index contributed by atoms with van der Waals surface area (Å²) < 4.78 is 44.3. The van der Waals surface area contributed by atoms with Crippen LogP contribution in [0.3, 0.4) is 0 Å². The number of alkyl carbamates (subject to hydrolysis) is 1. The minimum Gasteiger partial charge on any atom is -0.456 e. The van der Waals surface area contributed by atoms with Gasteiger partial charge in [-0.05, 0) is 81.9 Å². The number of hydrogen-bond donors (Lipinski definition) is 4. The van der Waals surface area contributed by atoms with Gasteiger partial charge in [-0.25, -0.2) is 24.4 Å². The fourth-order valence-corrected chi connectivity index (χ4v) is 10.7. The SMILES string of the molecule is C=C1C2=C(C)[C@@H](OC(=O)[C@H](O)[C@@H](NC(=O)OC(C)(C)C)c3ncccn3)C[C@@]1(O)[C@@H](OC(=O)c1ccccc1)[C@H]1[C@@](C)(CC[C@H]3OC[C@]31OC(C)=O)[C@@H]1O[C@H](CN3CC[C@H]3CO)O[C@H]21. The van der Waals surface area contributed by atoms with Crippen molar-refractivity contribution in [2.24, 2.45) is 11.3 Å². The van der Waals surface area contributed by atoms with Crippen molar-refractivity contribution < 1.29 is 67.7 Å². The second kappa shape index (κ2) is 17.2. The van der Waals surface area contributed by atoms with E-state index in [1.54, 1.807) is 58.0 Å². The lowest BCUT2D eigenvalue weighted by molar-refractivity contribution is -0.337. The zero-order valence-corrected chi connectivity index (χ0v) is 36.9. The van der Waals surface area contributed by atoms with Crippen molar-refractivity contribution in [3.8, 4) is 0 Å². The Morgan fingerprint density at radius 2 is 1.78 bits per heavy atom. The Balaban J connectivity index is 1.24. The summed E-state index contributed by atoms with van der Waals surface area (Å²) in [6, 6.07) is 8.15. The fraction of sp³-hybridized carbons (Fsp3) is 0.609. The van der Waals surface area contributed by atoms with E-state index in [9.17, 15) is 34.5 Å². The van der Waals surface area contributed by atoms with Crippen LogP contribution < -0.4 is 5.32 Å². The number of aromatic nitrogens is 2. The molecule has 346 valence electrons. The zero-order chi connectivity index (χ0) is 45.9. The lowest BCUT2D eigenvalue weighted by Crippen LogP contribution is -2.78. The van der Waals surface area contributed by atoms with Crippen molar-refractivity contribution >= 4 is 24.0 Å². The van der Waals surface area contributed by atoms with Crippen LogP contribution in [0.4, 0.5) is 4.79 Å². The van der Waals surface area contributed by atoms with Crippen molar-refractivity contribution in [2.45, 2.75) is 139 Å². The van der Waals surface area contributed by atoms with Gasteiger partial charge in [-0.1, -0.05) is 31.7 Å². The van der Waals surface area contributed by atoms with Gasteiger partial charge in [0, 0.05) is 50.3 Å². The molecule has 18 nitrogen and oxygen atoms in total. The van der Waals surface area contributed by atoms with Crippen LogP contribution in [-0.4, -0.2) is 146 Å². The highest BCUT2D eigenvalue weighted by molar-refractivity contribution is 5.89. The molecule has 3 aliphatic carbocycles. The van der Waals surface area contributed by atoms with Crippen molar-refractivity contribution in [3.63, 3.8) is 0 Å². The molecule has 0 spiro atoms. The standard InChI is InChI=1S/C46H58N4O14/c1-24-29(59-41(55)34(53)33(39-47-17-11-18-48-39)49-42(56)64-43(4,5)6)20-45(57)25(2)32(24)35-37(61-31(60-35)21-50-19-15-28(50)22-51)44(7)16-14-30-46(23-58-30,63-26(3)52)36(44)38(45)62-40(54)27-12-9-8-10-13-27/h8-13,17-18,28-31,33-38,51,53,57H,2,14-16,19-23H2,1,3-7H3,(H,49,56)/t28-,29-,30+,31+,33+,34+,35+,36-,37+,38-,44+,45-,46-/m0/s1. The second-order valence-corrected chi connectivity index (χ2v) is 19.0. The largest absolute Gasteiger partial charge is 0.456 e. The number of fused-ring (bicyclic) bond motifs is 8. The molecule has 1 amide bonds. The Bertz CT molecular complexity index is 2170. The van der Waals surface area contributed by atoms with Gasteiger partial charge in [-0.3, -0.25) is 9.69 Å². The minimum absolute atomic E-state index is 0.0440. The highest BCUT2D eigenvalue weighted by Gasteiger charge is 2.75. The maximum Gasteiger partial charge on any atom is 0.408 e. The molecule has 6 aliphatic rings. The molecule has 5 fully saturated rings. The van der Waals surface area contributed by atoms with Gasteiger partial charge in [0.2, 0.25) is 0 Å². The lowest BCUT2D eigenvalue weighted by atomic mass is 9.48. The van der Waals surface area contributed by atoms with Crippen molar-refractivity contribution in [3.05, 3.63) is 83.5 Å². The number of likely N-dealkylation sites (tertiary alicyclic amines) is 1. The third-order valence-corrected chi connectivity index (χ3v) is 13.9. The van der Waals surface area contributed by atoms with Gasteiger partial charge >= 0.3 is 24.0 Å². The van der Waals surface area contributed by atoms with Crippen molar-refractivity contribution in [1.82, 2.24) is 20.2 Å². The highest BCUT2D eigenvalue weighted by atomic mass is 16.7.